The molecule has 0 radical (unpaired) electrons. The van der Waals surface area contributed by atoms with Crippen LogP contribution < -0.4 is 11.5 Å². The predicted octanol–water partition coefficient (Wildman–Crippen LogP) is 4.25. The number of nitrogens with zero attached hydrogens (tertiary/aromatic N) is 1. The molecule has 2 atom stereocenters. The fourth-order valence-corrected chi connectivity index (χ4v) is 3.31. The van der Waals surface area contributed by atoms with Crippen LogP contribution in [-0.2, 0) is 6.54 Å². The van der Waals surface area contributed by atoms with Crippen LogP contribution in [0.1, 0.15) is 30.5 Å². The first-order valence-corrected chi connectivity index (χ1v) is 8.83. The van der Waals surface area contributed by atoms with Gasteiger partial charge in [-0.15, -0.1) is 0 Å². The van der Waals surface area contributed by atoms with Gasteiger partial charge in [0.1, 0.15) is 0 Å². The first-order chi connectivity index (χ1) is 12.0. The Hall–Kier alpha value is -2.52. The Labute approximate surface area is 150 Å². The highest BCUT2D eigenvalue weighted by Gasteiger charge is 2.22. The molecule has 0 spiro atoms. The lowest BCUT2D eigenvalue weighted by molar-refractivity contribution is 0.403. The van der Waals surface area contributed by atoms with Gasteiger partial charge in [0.15, 0.2) is 0 Å². The van der Waals surface area contributed by atoms with E-state index in [1.54, 1.807) is 0 Å². The summed E-state index contributed by atoms with van der Waals surface area (Å²) in [6, 6.07) is 18.3. The number of rotatable bonds is 5. The van der Waals surface area contributed by atoms with E-state index in [-0.39, 0.29) is 6.04 Å². The number of allylic oxidation sites excluding steroid dienone is 2. The van der Waals surface area contributed by atoms with Gasteiger partial charge < -0.3 is 16.4 Å². The summed E-state index contributed by atoms with van der Waals surface area (Å²) in [5.74, 6) is 0.524. The molecule has 0 saturated carbocycles. The number of nitrogens with two attached hydrogens (primary N) is 2. The molecule has 0 bridgehead atoms. The van der Waals surface area contributed by atoms with Gasteiger partial charge in [-0.2, -0.15) is 0 Å². The molecule has 0 aromatic heterocycles. The largest absolute Gasteiger partial charge is 0.399 e. The van der Waals surface area contributed by atoms with Gasteiger partial charge in [0.2, 0.25) is 0 Å². The molecule has 25 heavy (non-hydrogen) atoms. The van der Waals surface area contributed by atoms with Crippen molar-refractivity contribution in [3.63, 3.8) is 0 Å². The van der Waals surface area contributed by atoms with E-state index in [0.29, 0.717) is 5.92 Å². The Morgan fingerprint density at radius 1 is 1.08 bits per heavy atom. The summed E-state index contributed by atoms with van der Waals surface area (Å²) < 4.78 is 0. The van der Waals surface area contributed by atoms with Crippen LogP contribution in [0.4, 0.5) is 5.69 Å². The van der Waals surface area contributed by atoms with Crippen molar-refractivity contribution in [3.05, 3.63) is 89.1 Å². The first kappa shape index (κ1) is 17.3. The van der Waals surface area contributed by atoms with Crippen molar-refractivity contribution in [1.82, 2.24) is 4.90 Å². The third kappa shape index (κ3) is 4.12. The zero-order chi connectivity index (χ0) is 17.8. The minimum atomic E-state index is -0.103. The number of anilines is 1. The smallest absolute Gasteiger partial charge is 0.0568 e. The van der Waals surface area contributed by atoms with E-state index in [0.717, 1.165) is 24.2 Å². The van der Waals surface area contributed by atoms with E-state index in [1.165, 1.54) is 16.8 Å². The Morgan fingerprint density at radius 2 is 1.76 bits per heavy atom. The Balaban J connectivity index is 1.83. The fraction of sp³-hybridized carbons (Fsp3) is 0.273. The van der Waals surface area contributed by atoms with Crippen molar-refractivity contribution in [2.24, 2.45) is 11.7 Å². The van der Waals surface area contributed by atoms with Crippen LogP contribution in [0.5, 0.6) is 0 Å². The highest BCUT2D eigenvalue weighted by Crippen LogP contribution is 2.33. The van der Waals surface area contributed by atoms with Crippen LogP contribution in [0, 0.1) is 5.92 Å². The van der Waals surface area contributed by atoms with Crippen molar-refractivity contribution in [3.8, 4) is 0 Å². The van der Waals surface area contributed by atoms with Gasteiger partial charge in [0.05, 0.1) is 6.04 Å². The Bertz CT molecular complexity index is 760. The lowest BCUT2D eigenvalue weighted by Gasteiger charge is -2.32. The van der Waals surface area contributed by atoms with Gasteiger partial charge in [-0.3, -0.25) is 0 Å². The molecule has 1 aliphatic rings. The van der Waals surface area contributed by atoms with Crippen LogP contribution in [-0.4, -0.2) is 11.9 Å². The molecule has 3 nitrogen and oxygen atoms in total. The number of likely N-dealkylation sites (N-methyl/N-ethyl adjacent to an activating group) is 1. The zero-order valence-corrected chi connectivity index (χ0v) is 15.0. The highest BCUT2D eigenvalue weighted by molar-refractivity contribution is 5.43. The van der Waals surface area contributed by atoms with Gasteiger partial charge >= 0.3 is 0 Å². The van der Waals surface area contributed by atoms with E-state index >= 15 is 0 Å². The predicted molar refractivity (Wildman–Crippen MR) is 106 cm³/mol. The summed E-state index contributed by atoms with van der Waals surface area (Å²) >= 11 is 0. The highest BCUT2D eigenvalue weighted by atomic mass is 15.1. The van der Waals surface area contributed by atoms with Gasteiger partial charge in [0, 0.05) is 25.0 Å². The fourth-order valence-electron chi connectivity index (χ4n) is 3.31. The Kier molecular flexibility index (Phi) is 5.25. The van der Waals surface area contributed by atoms with E-state index in [1.807, 2.05) is 30.3 Å². The van der Waals surface area contributed by atoms with Crippen LogP contribution in [0.25, 0.3) is 0 Å². The molecular weight excluding hydrogens is 306 g/mol. The number of hydrogen-bond donors (Lipinski definition) is 2. The molecular formula is C22H27N3. The summed E-state index contributed by atoms with van der Waals surface area (Å²) in [6.07, 6.45) is 5.68. The molecule has 0 heterocycles. The molecule has 2 aromatic rings. The minimum absolute atomic E-state index is 0.103. The molecule has 4 N–H and O–H groups in total. The number of hydrogen-bond acceptors (Lipinski definition) is 3. The van der Waals surface area contributed by atoms with Crippen LogP contribution in [0.15, 0.2) is 78.0 Å². The average Bonchev–Trinajstić information content (AvgIpc) is 2.63. The molecule has 130 valence electrons. The van der Waals surface area contributed by atoms with Gasteiger partial charge in [0.25, 0.3) is 0 Å². The van der Waals surface area contributed by atoms with Crippen molar-refractivity contribution in [1.29, 1.82) is 0 Å². The van der Waals surface area contributed by atoms with Gasteiger partial charge in [-0.1, -0.05) is 61.5 Å². The molecule has 0 aliphatic heterocycles. The summed E-state index contributed by atoms with van der Waals surface area (Å²) in [7, 11) is 2.13. The van der Waals surface area contributed by atoms with Crippen LogP contribution in [0.2, 0.25) is 0 Å². The maximum atomic E-state index is 6.60. The van der Waals surface area contributed by atoms with Crippen molar-refractivity contribution in [2.75, 3.05) is 12.8 Å². The molecule has 1 aliphatic carbocycles. The topological polar surface area (TPSA) is 55.3 Å². The van der Waals surface area contributed by atoms with Crippen LogP contribution in [0.3, 0.4) is 0 Å². The van der Waals surface area contributed by atoms with E-state index in [2.05, 4.69) is 55.3 Å². The Morgan fingerprint density at radius 3 is 2.44 bits per heavy atom. The number of nitrogen functional groups attached to an aromatic ring is 1. The van der Waals surface area contributed by atoms with Gasteiger partial charge in [-0.05, 0) is 41.2 Å². The van der Waals surface area contributed by atoms with Crippen molar-refractivity contribution in [2.45, 2.75) is 25.9 Å². The average molecular weight is 333 g/mol. The third-order valence-corrected chi connectivity index (χ3v) is 4.75. The second kappa shape index (κ2) is 7.58. The SMILES string of the molecule is CC1C=C(N(C)Cc2ccc(N)cc2)C(C(N)c2ccccc2)=CC1. The monoisotopic (exact) mass is 333 g/mol. The summed E-state index contributed by atoms with van der Waals surface area (Å²) in [5, 5.41) is 0. The van der Waals surface area contributed by atoms with Gasteiger partial charge in [-0.25, -0.2) is 0 Å². The second-order valence-electron chi connectivity index (χ2n) is 6.91. The normalized spacial score (nSPS) is 18.3. The first-order valence-electron chi connectivity index (χ1n) is 8.83. The molecule has 2 unspecified atom stereocenters. The lowest BCUT2D eigenvalue weighted by Crippen LogP contribution is -2.26. The molecule has 0 saturated heterocycles. The molecule has 3 rings (SSSR count). The molecule has 0 amide bonds. The number of benzene rings is 2. The molecule has 3 heteroatoms. The third-order valence-electron chi connectivity index (χ3n) is 4.75. The lowest BCUT2D eigenvalue weighted by atomic mass is 9.88. The van der Waals surface area contributed by atoms with Crippen LogP contribution >= 0.6 is 0 Å². The van der Waals surface area contributed by atoms with E-state index in [9.17, 15) is 0 Å². The maximum absolute atomic E-state index is 6.60. The van der Waals surface area contributed by atoms with Crippen molar-refractivity contribution >= 4 is 5.69 Å². The summed E-state index contributed by atoms with van der Waals surface area (Å²) in [4.78, 5) is 2.29. The molecule has 0 fully saturated rings. The summed E-state index contributed by atoms with van der Waals surface area (Å²) in [6.45, 7) is 3.08. The standard InChI is InChI=1S/C22H27N3/c1-16-8-13-20(22(24)18-6-4-3-5-7-18)21(14-16)25(2)15-17-9-11-19(23)12-10-17/h3-7,9-14,16,22H,8,15,23-24H2,1-2H3. The van der Waals surface area contributed by atoms with E-state index in [4.69, 9.17) is 11.5 Å². The van der Waals surface area contributed by atoms with Crippen molar-refractivity contribution < 1.29 is 0 Å². The second-order valence-corrected chi connectivity index (χ2v) is 6.91. The maximum Gasteiger partial charge on any atom is 0.0568 e. The quantitative estimate of drug-likeness (QED) is 0.804. The van der Waals surface area contributed by atoms with E-state index < -0.39 is 0 Å². The molecule has 2 aromatic carbocycles. The summed E-state index contributed by atoms with van der Waals surface area (Å²) in [5.41, 5.74) is 18.0. The minimum Gasteiger partial charge on any atom is -0.399 e. The zero-order valence-electron chi connectivity index (χ0n) is 15.0.